The molecule has 0 saturated heterocycles. The van der Waals surface area contributed by atoms with E-state index in [2.05, 4.69) is 30.1 Å². The van der Waals surface area contributed by atoms with Gasteiger partial charge in [0.15, 0.2) is 5.82 Å². The fraction of sp³-hybridized carbons (Fsp3) is 0.269. The number of nitrogens with one attached hydrogen (secondary N) is 1. The van der Waals surface area contributed by atoms with E-state index in [9.17, 15) is 8.78 Å². The van der Waals surface area contributed by atoms with E-state index in [1.54, 1.807) is 25.3 Å². The Balaban J connectivity index is 1.64. The van der Waals surface area contributed by atoms with Gasteiger partial charge in [-0.2, -0.15) is 23.8 Å². The summed E-state index contributed by atoms with van der Waals surface area (Å²) in [7, 11) is 1.36. The summed E-state index contributed by atoms with van der Waals surface area (Å²) >= 11 is 0. The van der Waals surface area contributed by atoms with Gasteiger partial charge in [-0.25, -0.2) is 14.4 Å². The third kappa shape index (κ3) is 4.03. The van der Waals surface area contributed by atoms with Gasteiger partial charge in [0.25, 0.3) is 0 Å². The van der Waals surface area contributed by atoms with Gasteiger partial charge in [0.05, 0.1) is 37.0 Å². The number of aryl methyl sites for hydroxylation is 1. The molecular formula is C26H23F3N8O3. The largest absolute Gasteiger partial charge is 0.475 e. The van der Waals surface area contributed by atoms with E-state index < -0.39 is 12.4 Å². The number of aromatic amines is 1. The highest BCUT2D eigenvalue weighted by Gasteiger charge is 2.32. The van der Waals surface area contributed by atoms with Crippen LogP contribution in [0.4, 0.5) is 24.8 Å². The lowest BCUT2D eigenvalue weighted by Crippen LogP contribution is -2.31. The first-order chi connectivity index (χ1) is 19.3. The Morgan fingerprint density at radius 1 is 1.23 bits per heavy atom. The number of H-pyrrole nitrogens is 1. The molecule has 5 aromatic rings. The summed E-state index contributed by atoms with van der Waals surface area (Å²) in [4.78, 5) is 19.4. The number of halogens is 3. The van der Waals surface area contributed by atoms with Crippen molar-refractivity contribution < 1.29 is 27.4 Å². The van der Waals surface area contributed by atoms with Crippen LogP contribution in [0.15, 0.2) is 30.6 Å². The number of hydrogen-bond acceptors (Lipinski definition) is 10. The van der Waals surface area contributed by atoms with Gasteiger partial charge in [-0.05, 0) is 31.5 Å². The van der Waals surface area contributed by atoms with Crippen LogP contribution < -0.4 is 24.8 Å². The van der Waals surface area contributed by atoms with Gasteiger partial charge >= 0.3 is 12.6 Å². The molecule has 1 aliphatic heterocycles. The number of rotatable bonds is 6. The van der Waals surface area contributed by atoms with Crippen molar-refractivity contribution in [3.63, 3.8) is 0 Å². The molecule has 5 heterocycles. The van der Waals surface area contributed by atoms with Gasteiger partial charge in [-0.15, -0.1) is 0 Å². The number of methoxy groups -OCH3 is 1. The standard InChI is InChI=1S/C26H23F3N8O3/c1-11-9-15-14(10-32-36-15)16(21(11)40-25(28)29)19-18(27)20-17-23(35-26(34-20)38-3)37(7-8-39-24(17)33-19)12(2)13-5-4-6-31-22(13)30/h4-6,9-10,12,25H,7-8H2,1-3H3,(H2,30,31)(H,32,36). The van der Waals surface area contributed by atoms with Crippen molar-refractivity contribution in [2.75, 3.05) is 30.9 Å². The molecule has 0 bridgehead atoms. The van der Waals surface area contributed by atoms with E-state index >= 15 is 4.39 Å². The second-order valence-corrected chi connectivity index (χ2v) is 9.14. The molecule has 0 saturated carbocycles. The topological polar surface area (TPSA) is 137 Å². The van der Waals surface area contributed by atoms with Crippen LogP contribution in [0.5, 0.6) is 17.6 Å². The SMILES string of the molecule is COc1nc2c3c(nc(-c4c(OC(F)F)c(C)cc5[nH]ncc45)c(F)c3n1)OCCN2C(C)c1cccnc1N. The first kappa shape index (κ1) is 25.4. The Hall–Kier alpha value is -4.88. The van der Waals surface area contributed by atoms with Gasteiger partial charge in [-0.3, -0.25) is 5.10 Å². The maximum Gasteiger partial charge on any atom is 0.387 e. The highest BCUT2D eigenvalue weighted by atomic mass is 19.3. The quantitative estimate of drug-likeness (QED) is 0.308. The summed E-state index contributed by atoms with van der Waals surface area (Å²) in [6.45, 7) is 0.790. The molecule has 0 amide bonds. The summed E-state index contributed by atoms with van der Waals surface area (Å²) in [6, 6.07) is 4.74. The van der Waals surface area contributed by atoms with Crippen molar-refractivity contribution in [2.24, 2.45) is 0 Å². The van der Waals surface area contributed by atoms with Crippen LogP contribution >= 0.6 is 0 Å². The number of nitrogens with two attached hydrogens (primary N) is 1. The normalized spacial score (nSPS) is 13.9. The van der Waals surface area contributed by atoms with E-state index in [1.807, 2.05) is 17.9 Å². The van der Waals surface area contributed by atoms with Crippen LogP contribution in [0.2, 0.25) is 0 Å². The van der Waals surface area contributed by atoms with Crippen molar-refractivity contribution in [1.29, 1.82) is 0 Å². The minimum absolute atomic E-state index is 0.0139. The predicted octanol–water partition coefficient (Wildman–Crippen LogP) is 4.56. The van der Waals surface area contributed by atoms with Crippen LogP contribution in [-0.2, 0) is 0 Å². The second-order valence-electron chi connectivity index (χ2n) is 9.14. The average Bonchev–Trinajstić information content (AvgIpc) is 3.31. The summed E-state index contributed by atoms with van der Waals surface area (Å²) in [6.07, 6.45) is 2.98. The van der Waals surface area contributed by atoms with Crippen molar-refractivity contribution in [1.82, 2.24) is 30.1 Å². The summed E-state index contributed by atoms with van der Waals surface area (Å²) in [5, 5.41) is 7.31. The zero-order chi connectivity index (χ0) is 28.1. The van der Waals surface area contributed by atoms with E-state index in [1.165, 1.54) is 13.3 Å². The van der Waals surface area contributed by atoms with Crippen LogP contribution in [0.25, 0.3) is 33.1 Å². The summed E-state index contributed by atoms with van der Waals surface area (Å²) in [5.74, 6) is -0.456. The number of nitrogen functional groups attached to an aromatic ring is 1. The highest BCUT2D eigenvalue weighted by Crippen LogP contribution is 2.46. The number of anilines is 2. The van der Waals surface area contributed by atoms with Gasteiger partial charge in [0.2, 0.25) is 5.88 Å². The molecule has 0 fully saturated rings. The number of benzene rings is 1. The smallest absolute Gasteiger partial charge is 0.387 e. The average molecular weight is 553 g/mol. The Morgan fingerprint density at radius 2 is 2.05 bits per heavy atom. The molecule has 1 aromatic carbocycles. The van der Waals surface area contributed by atoms with E-state index in [0.717, 1.165) is 5.56 Å². The zero-order valence-electron chi connectivity index (χ0n) is 21.6. The molecule has 40 heavy (non-hydrogen) atoms. The molecule has 1 aliphatic rings. The first-order valence-electron chi connectivity index (χ1n) is 12.2. The van der Waals surface area contributed by atoms with Crippen molar-refractivity contribution in [2.45, 2.75) is 26.5 Å². The molecule has 6 rings (SSSR count). The van der Waals surface area contributed by atoms with Gasteiger partial charge in [0, 0.05) is 17.1 Å². The molecule has 14 heteroatoms. The number of fused-ring (bicyclic) bond motifs is 1. The van der Waals surface area contributed by atoms with E-state index in [-0.39, 0.29) is 52.4 Å². The Kier molecular flexibility index (Phi) is 6.16. The minimum Gasteiger partial charge on any atom is -0.475 e. The lowest BCUT2D eigenvalue weighted by molar-refractivity contribution is -0.0498. The Morgan fingerprint density at radius 3 is 2.80 bits per heavy atom. The molecule has 0 aliphatic carbocycles. The minimum atomic E-state index is -3.16. The van der Waals surface area contributed by atoms with Crippen LogP contribution in [0.3, 0.4) is 0 Å². The van der Waals surface area contributed by atoms with Crippen LogP contribution in [-0.4, -0.2) is 57.0 Å². The molecule has 1 atom stereocenters. The zero-order valence-corrected chi connectivity index (χ0v) is 21.6. The third-order valence-corrected chi connectivity index (χ3v) is 6.85. The number of pyridine rings is 2. The number of hydrogen-bond donors (Lipinski definition) is 2. The molecular weight excluding hydrogens is 529 g/mol. The highest BCUT2D eigenvalue weighted by molar-refractivity contribution is 6.02. The molecule has 3 N–H and O–H groups in total. The first-order valence-corrected chi connectivity index (χ1v) is 12.2. The number of nitrogens with zero attached hydrogens (tertiary/aromatic N) is 6. The predicted molar refractivity (Wildman–Crippen MR) is 140 cm³/mol. The van der Waals surface area contributed by atoms with Crippen LogP contribution in [0, 0.1) is 12.7 Å². The van der Waals surface area contributed by atoms with E-state index in [4.69, 9.17) is 19.9 Å². The van der Waals surface area contributed by atoms with Gasteiger partial charge in [0.1, 0.15) is 40.6 Å². The van der Waals surface area contributed by atoms with Crippen molar-refractivity contribution >= 4 is 33.4 Å². The van der Waals surface area contributed by atoms with Gasteiger partial charge in [-0.1, -0.05) is 6.07 Å². The fourth-order valence-corrected chi connectivity index (χ4v) is 5.03. The lowest BCUT2D eigenvalue weighted by atomic mass is 10.00. The summed E-state index contributed by atoms with van der Waals surface area (Å²) < 4.78 is 59.7. The fourth-order valence-electron chi connectivity index (χ4n) is 5.03. The molecule has 0 radical (unpaired) electrons. The van der Waals surface area contributed by atoms with E-state index in [0.29, 0.717) is 34.6 Å². The van der Waals surface area contributed by atoms with Crippen molar-refractivity contribution in [3.8, 4) is 28.9 Å². The lowest BCUT2D eigenvalue weighted by Gasteiger charge is -2.30. The Bertz CT molecular complexity index is 1760. The van der Waals surface area contributed by atoms with Crippen LogP contribution in [0.1, 0.15) is 24.1 Å². The van der Waals surface area contributed by atoms with Crippen molar-refractivity contribution in [3.05, 3.63) is 47.5 Å². The molecule has 1 unspecified atom stereocenters. The maximum atomic E-state index is 16.5. The molecule has 4 aromatic heterocycles. The third-order valence-electron chi connectivity index (χ3n) is 6.85. The monoisotopic (exact) mass is 552 g/mol. The molecule has 0 spiro atoms. The Labute approximate surface area is 225 Å². The second kappa shape index (κ2) is 9.70. The molecule has 206 valence electrons. The number of ether oxygens (including phenoxy) is 3. The number of aromatic nitrogens is 6. The maximum absolute atomic E-state index is 16.5. The van der Waals surface area contributed by atoms with Gasteiger partial charge < -0.3 is 24.8 Å². The molecule has 11 nitrogen and oxygen atoms in total. The number of alkyl halides is 2. The summed E-state index contributed by atoms with van der Waals surface area (Å²) in [5.41, 5.74) is 7.22.